The quantitative estimate of drug-likeness (QED) is 0.687. The molecule has 0 unspecified atom stereocenters. The third-order valence-corrected chi connectivity index (χ3v) is 2.06. The molecule has 0 aromatic carbocycles. The standard InChI is InChI=1S/C9H18N2O2/c1-2-6-13-9(12)11-8-4-3-5-10-7-8/h8,10H,2-7H2,1H3,(H,11,12)/t8-/m1/s1. The number of carbonyl (C=O) groups is 1. The molecule has 76 valence electrons. The maximum atomic E-state index is 11.1. The summed E-state index contributed by atoms with van der Waals surface area (Å²) >= 11 is 0. The van der Waals surface area contributed by atoms with Gasteiger partial charge in [-0.05, 0) is 25.8 Å². The van der Waals surface area contributed by atoms with E-state index in [1.165, 1.54) is 0 Å². The number of carbonyl (C=O) groups excluding carboxylic acids is 1. The molecular formula is C9H18N2O2. The Balaban J connectivity index is 2.11. The van der Waals surface area contributed by atoms with E-state index in [4.69, 9.17) is 4.74 Å². The van der Waals surface area contributed by atoms with Gasteiger partial charge in [0.05, 0.1) is 6.61 Å². The lowest BCUT2D eigenvalue weighted by Crippen LogP contribution is -2.45. The fraction of sp³-hybridized carbons (Fsp3) is 0.889. The van der Waals surface area contributed by atoms with E-state index in [2.05, 4.69) is 10.6 Å². The minimum absolute atomic E-state index is 0.248. The molecule has 1 aliphatic heterocycles. The molecule has 13 heavy (non-hydrogen) atoms. The summed E-state index contributed by atoms with van der Waals surface area (Å²) in [6.45, 7) is 4.41. The van der Waals surface area contributed by atoms with Crippen LogP contribution in [-0.2, 0) is 4.74 Å². The van der Waals surface area contributed by atoms with Crippen molar-refractivity contribution in [3.8, 4) is 0 Å². The number of rotatable bonds is 3. The Hall–Kier alpha value is -0.770. The van der Waals surface area contributed by atoms with Crippen LogP contribution in [0.3, 0.4) is 0 Å². The summed E-state index contributed by atoms with van der Waals surface area (Å²) < 4.78 is 4.92. The van der Waals surface area contributed by atoms with Crippen LogP contribution in [0.2, 0.25) is 0 Å². The van der Waals surface area contributed by atoms with Gasteiger partial charge in [0.2, 0.25) is 0 Å². The Bertz CT molecular complexity index is 156. The SMILES string of the molecule is CCCOC(=O)N[C@@H]1CCCNC1. The number of piperidine rings is 1. The molecule has 1 rings (SSSR count). The molecule has 4 heteroatoms. The topological polar surface area (TPSA) is 50.4 Å². The molecule has 4 nitrogen and oxygen atoms in total. The lowest BCUT2D eigenvalue weighted by atomic mass is 10.1. The molecule has 1 aliphatic rings. The van der Waals surface area contributed by atoms with Gasteiger partial charge in [-0.1, -0.05) is 6.92 Å². The maximum Gasteiger partial charge on any atom is 0.407 e. The molecule has 0 aliphatic carbocycles. The Morgan fingerprint density at radius 2 is 2.54 bits per heavy atom. The molecule has 0 aromatic rings. The number of amides is 1. The zero-order valence-electron chi connectivity index (χ0n) is 8.14. The van der Waals surface area contributed by atoms with Gasteiger partial charge < -0.3 is 15.4 Å². The van der Waals surface area contributed by atoms with Gasteiger partial charge in [-0.15, -0.1) is 0 Å². The van der Waals surface area contributed by atoms with Crippen LogP contribution in [-0.4, -0.2) is 31.8 Å². The maximum absolute atomic E-state index is 11.1. The number of ether oxygens (including phenoxy) is 1. The molecule has 1 heterocycles. The Morgan fingerprint density at radius 1 is 1.69 bits per heavy atom. The van der Waals surface area contributed by atoms with Crippen molar-refractivity contribution in [1.82, 2.24) is 10.6 Å². The first-order valence-electron chi connectivity index (χ1n) is 4.97. The second-order valence-corrected chi connectivity index (χ2v) is 3.32. The van der Waals surface area contributed by atoms with Gasteiger partial charge >= 0.3 is 6.09 Å². The average Bonchev–Trinajstić information content (AvgIpc) is 2.16. The summed E-state index contributed by atoms with van der Waals surface area (Å²) in [5.74, 6) is 0. The highest BCUT2D eigenvalue weighted by Crippen LogP contribution is 2.01. The van der Waals surface area contributed by atoms with Crippen LogP contribution in [0.1, 0.15) is 26.2 Å². The van der Waals surface area contributed by atoms with Gasteiger partial charge in [0, 0.05) is 12.6 Å². The van der Waals surface area contributed by atoms with Crippen molar-refractivity contribution in [1.29, 1.82) is 0 Å². The molecular weight excluding hydrogens is 168 g/mol. The lowest BCUT2D eigenvalue weighted by molar-refractivity contribution is 0.140. The third kappa shape index (κ3) is 4.12. The second-order valence-electron chi connectivity index (χ2n) is 3.32. The van der Waals surface area contributed by atoms with Gasteiger partial charge in [-0.25, -0.2) is 4.79 Å². The lowest BCUT2D eigenvalue weighted by Gasteiger charge is -2.23. The van der Waals surface area contributed by atoms with Crippen molar-refractivity contribution in [2.24, 2.45) is 0 Å². The normalized spacial score (nSPS) is 22.4. The minimum atomic E-state index is -0.282. The van der Waals surface area contributed by atoms with Crippen molar-refractivity contribution in [2.75, 3.05) is 19.7 Å². The number of hydrogen-bond donors (Lipinski definition) is 2. The molecule has 1 amide bonds. The molecule has 0 bridgehead atoms. The molecule has 0 radical (unpaired) electrons. The molecule has 2 N–H and O–H groups in total. The van der Waals surface area contributed by atoms with Crippen LogP contribution in [0.25, 0.3) is 0 Å². The highest BCUT2D eigenvalue weighted by molar-refractivity contribution is 5.67. The Morgan fingerprint density at radius 3 is 3.15 bits per heavy atom. The van der Waals surface area contributed by atoms with E-state index < -0.39 is 0 Å². The van der Waals surface area contributed by atoms with E-state index >= 15 is 0 Å². The van der Waals surface area contributed by atoms with Crippen LogP contribution in [0, 0.1) is 0 Å². The van der Waals surface area contributed by atoms with Crippen molar-refractivity contribution >= 4 is 6.09 Å². The first-order chi connectivity index (χ1) is 6.33. The minimum Gasteiger partial charge on any atom is -0.450 e. The summed E-state index contributed by atoms with van der Waals surface area (Å²) in [7, 11) is 0. The molecule has 1 fully saturated rings. The monoisotopic (exact) mass is 186 g/mol. The summed E-state index contributed by atoms with van der Waals surface area (Å²) in [6.07, 6.45) is 2.76. The van der Waals surface area contributed by atoms with E-state index in [-0.39, 0.29) is 12.1 Å². The fourth-order valence-corrected chi connectivity index (χ4v) is 1.38. The highest BCUT2D eigenvalue weighted by atomic mass is 16.5. The first kappa shape index (κ1) is 10.3. The van der Waals surface area contributed by atoms with E-state index in [0.717, 1.165) is 32.4 Å². The smallest absolute Gasteiger partial charge is 0.407 e. The fourth-order valence-electron chi connectivity index (χ4n) is 1.38. The van der Waals surface area contributed by atoms with E-state index in [1.807, 2.05) is 6.92 Å². The second kappa shape index (κ2) is 5.80. The van der Waals surface area contributed by atoms with Crippen molar-refractivity contribution in [3.63, 3.8) is 0 Å². The Kier molecular flexibility index (Phi) is 4.60. The van der Waals surface area contributed by atoms with Crippen molar-refractivity contribution < 1.29 is 9.53 Å². The van der Waals surface area contributed by atoms with Gasteiger partial charge in [0.25, 0.3) is 0 Å². The van der Waals surface area contributed by atoms with Crippen LogP contribution in [0.5, 0.6) is 0 Å². The van der Waals surface area contributed by atoms with E-state index in [0.29, 0.717) is 6.61 Å². The highest BCUT2D eigenvalue weighted by Gasteiger charge is 2.15. The van der Waals surface area contributed by atoms with Crippen LogP contribution >= 0.6 is 0 Å². The van der Waals surface area contributed by atoms with Crippen LogP contribution in [0.15, 0.2) is 0 Å². The van der Waals surface area contributed by atoms with E-state index in [9.17, 15) is 4.79 Å². The summed E-state index contributed by atoms with van der Waals surface area (Å²) in [5, 5.41) is 6.06. The molecule has 0 aromatic heterocycles. The largest absolute Gasteiger partial charge is 0.450 e. The van der Waals surface area contributed by atoms with Crippen LogP contribution < -0.4 is 10.6 Å². The molecule has 0 saturated carbocycles. The van der Waals surface area contributed by atoms with Crippen molar-refractivity contribution in [3.05, 3.63) is 0 Å². The summed E-state index contributed by atoms with van der Waals surface area (Å²) in [5.41, 5.74) is 0. The molecule has 1 atom stereocenters. The first-order valence-corrected chi connectivity index (χ1v) is 4.97. The Labute approximate surface area is 79.0 Å². The third-order valence-electron chi connectivity index (χ3n) is 2.06. The zero-order valence-corrected chi connectivity index (χ0v) is 8.14. The number of alkyl carbamates (subject to hydrolysis) is 1. The average molecular weight is 186 g/mol. The summed E-state index contributed by atoms with van der Waals surface area (Å²) in [6, 6.07) is 0.248. The van der Waals surface area contributed by atoms with Gasteiger partial charge in [0.15, 0.2) is 0 Å². The zero-order chi connectivity index (χ0) is 9.52. The van der Waals surface area contributed by atoms with Gasteiger partial charge in [-0.2, -0.15) is 0 Å². The predicted molar refractivity (Wildman–Crippen MR) is 50.7 cm³/mol. The van der Waals surface area contributed by atoms with Crippen LogP contribution in [0.4, 0.5) is 4.79 Å². The summed E-state index contributed by atoms with van der Waals surface area (Å²) in [4.78, 5) is 11.1. The predicted octanol–water partition coefficient (Wildman–Crippen LogP) is 0.875. The van der Waals surface area contributed by atoms with E-state index in [1.54, 1.807) is 0 Å². The van der Waals surface area contributed by atoms with Gasteiger partial charge in [-0.3, -0.25) is 0 Å². The number of hydrogen-bond acceptors (Lipinski definition) is 3. The van der Waals surface area contributed by atoms with Gasteiger partial charge in [0.1, 0.15) is 0 Å². The number of nitrogens with one attached hydrogen (secondary N) is 2. The molecule has 1 saturated heterocycles. The van der Waals surface area contributed by atoms with Crippen molar-refractivity contribution in [2.45, 2.75) is 32.2 Å². The molecule has 0 spiro atoms.